The Hall–Kier alpha value is -3.21. The van der Waals surface area contributed by atoms with Crippen molar-refractivity contribution < 1.29 is 14.3 Å². The van der Waals surface area contributed by atoms with Gasteiger partial charge in [0.05, 0.1) is 5.52 Å². The average molecular weight is 362 g/mol. The number of ether oxygens (including phenoxy) is 1. The molecule has 1 heterocycles. The van der Waals surface area contributed by atoms with E-state index < -0.39 is 5.97 Å². The Labute approximate surface area is 158 Å². The highest BCUT2D eigenvalue weighted by Gasteiger charge is 2.14. The second-order valence-electron chi connectivity index (χ2n) is 6.41. The molecule has 0 bridgehead atoms. The summed E-state index contributed by atoms with van der Waals surface area (Å²) in [5, 5.41) is 3.76. The van der Waals surface area contributed by atoms with Crippen LogP contribution in [-0.4, -0.2) is 23.5 Å². The zero-order chi connectivity index (χ0) is 19.2. The van der Waals surface area contributed by atoms with Crippen molar-refractivity contribution in [2.75, 3.05) is 11.9 Å². The quantitative estimate of drug-likeness (QED) is 0.654. The molecular weight excluding hydrogens is 340 g/mol. The lowest BCUT2D eigenvalue weighted by Crippen LogP contribution is -2.22. The zero-order valence-corrected chi connectivity index (χ0v) is 15.4. The number of rotatable bonds is 6. The van der Waals surface area contributed by atoms with Crippen molar-refractivity contribution in [3.8, 4) is 0 Å². The van der Waals surface area contributed by atoms with E-state index >= 15 is 0 Å². The van der Waals surface area contributed by atoms with Crippen LogP contribution in [0.5, 0.6) is 0 Å². The Morgan fingerprint density at radius 3 is 2.59 bits per heavy atom. The molecule has 1 N–H and O–H groups in total. The van der Waals surface area contributed by atoms with Crippen molar-refractivity contribution in [1.82, 2.24) is 4.98 Å². The van der Waals surface area contributed by atoms with E-state index in [1.807, 2.05) is 48.5 Å². The normalized spacial score (nSPS) is 11.8. The number of nitrogens with zero attached hydrogens (tertiary/aromatic N) is 1. The fourth-order valence-electron chi connectivity index (χ4n) is 2.83. The number of anilines is 1. The minimum Gasteiger partial charge on any atom is -0.451 e. The lowest BCUT2D eigenvalue weighted by atomic mass is 9.97. The van der Waals surface area contributed by atoms with Crippen LogP contribution in [0.3, 0.4) is 0 Å². The van der Waals surface area contributed by atoms with E-state index in [-0.39, 0.29) is 18.2 Å². The molecule has 0 unspecified atom stereocenters. The molecule has 0 aliphatic rings. The highest BCUT2D eigenvalue weighted by atomic mass is 16.5. The molecule has 5 heteroatoms. The van der Waals surface area contributed by atoms with Gasteiger partial charge in [0.25, 0.3) is 5.91 Å². The number of esters is 1. The van der Waals surface area contributed by atoms with Gasteiger partial charge in [-0.1, -0.05) is 56.3 Å². The average Bonchev–Trinajstić information content (AvgIpc) is 2.71. The minimum atomic E-state index is -0.619. The van der Waals surface area contributed by atoms with Crippen LogP contribution in [0, 0.1) is 0 Å². The first-order valence-corrected chi connectivity index (χ1v) is 9.00. The fraction of sp³-hybridized carbons (Fsp3) is 0.227. The monoisotopic (exact) mass is 362 g/mol. The zero-order valence-electron chi connectivity index (χ0n) is 15.4. The predicted molar refractivity (Wildman–Crippen MR) is 106 cm³/mol. The van der Waals surface area contributed by atoms with Gasteiger partial charge in [-0.15, -0.1) is 0 Å². The molecule has 27 heavy (non-hydrogen) atoms. The molecule has 2 aromatic carbocycles. The van der Waals surface area contributed by atoms with Gasteiger partial charge in [-0.2, -0.15) is 0 Å². The summed E-state index contributed by atoms with van der Waals surface area (Å²) in [7, 11) is 0. The first kappa shape index (κ1) is 18.6. The summed E-state index contributed by atoms with van der Waals surface area (Å²) >= 11 is 0. The lowest BCUT2D eigenvalue weighted by molar-refractivity contribution is -0.119. The van der Waals surface area contributed by atoms with E-state index in [2.05, 4.69) is 24.1 Å². The number of carbonyl (C=O) groups excluding carboxylic acids is 2. The fourth-order valence-corrected chi connectivity index (χ4v) is 2.83. The van der Waals surface area contributed by atoms with Gasteiger partial charge in [-0.3, -0.25) is 4.79 Å². The summed E-state index contributed by atoms with van der Waals surface area (Å²) in [6.07, 6.45) is 0.968. The third-order valence-corrected chi connectivity index (χ3v) is 4.52. The maximum atomic E-state index is 12.2. The van der Waals surface area contributed by atoms with Crippen molar-refractivity contribution in [3.63, 3.8) is 0 Å². The maximum absolute atomic E-state index is 12.2. The number of nitrogens with one attached hydrogen (secondary N) is 1. The van der Waals surface area contributed by atoms with Crippen molar-refractivity contribution in [3.05, 3.63) is 71.9 Å². The van der Waals surface area contributed by atoms with Crippen LogP contribution in [0.15, 0.2) is 60.7 Å². The van der Waals surface area contributed by atoms with Crippen LogP contribution >= 0.6 is 0 Å². The Morgan fingerprint density at radius 2 is 1.78 bits per heavy atom. The molecule has 1 amide bonds. The first-order valence-electron chi connectivity index (χ1n) is 9.00. The standard InChI is InChI=1S/C22H22N2O3/c1-3-15(2)17-9-5-7-11-19(17)24-21(25)14-27-22(26)20-13-12-16-8-4-6-10-18(16)23-20/h4-13,15H,3,14H2,1-2H3,(H,24,25)/t15-/m0/s1. The molecule has 0 aliphatic heterocycles. The van der Waals surface area contributed by atoms with Crippen LogP contribution in [0.1, 0.15) is 42.2 Å². The minimum absolute atomic E-state index is 0.182. The Balaban J connectivity index is 1.62. The highest BCUT2D eigenvalue weighted by molar-refractivity contribution is 5.96. The molecule has 3 aromatic rings. The Kier molecular flexibility index (Phi) is 5.81. The molecule has 3 rings (SSSR count). The van der Waals surface area contributed by atoms with Crippen LogP contribution in [0.4, 0.5) is 5.69 Å². The topological polar surface area (TPSA) is 68.3 Å². The second kappa shape index (κ2) is 8.45. The summed E-state index contributed by atoms with van der Waals surface area (Å²) in [6, 6.07) is 18.6. The molecule has 0 saturated heterocycles. The van der Waals surface area contributed by atoms with Crippen molar-refractivity contribution in [2.45, 2.75) is 26.2 Å². The number of pyridine rings is 1. The maximum Gasteiger partial charge on any atom is 0.357 e. The van der Waals surface area contributed by atoms with Gasteiger partial charge in [0.2, 0.25) is 0 Å². The number of fused-ring (bicyclic) bond motifs is 1. The molecule has 0 fully saturated rings. The van der Waals surface area contributed by atoms with Gasteiger partial charge in [0.15, 0.2) is 6.61 Å². The number of carbonyl (C=O) groups is 2. The SMILES string of the molecule is CC[C@H](C)c1ccccc1NC(=O)COC(=O)c1ccc2ccccc2n1. The van der Waals surface area contributed by atoms with Crippen molar-refractivity contribution in [2.24, 2.45) is 0 Å². The summed E-state index contributed by atoms with van der Waals surface area (Å²) < 4.78 is 5.12. The molecule has 1 atom stereocenters. The van der Waals surface area contributed by atoms with E-state index in [0.29, 0.717) is 11.4 Å². The van der Waals surface area contributed by atoms with Gasteiger partial charge < -0.3 is 10.1 Å². The van der Waals surface area contributed by atoms with E-state index in [1.165, 1.54) is 0 Å². The number of aromatic nitrogens is 1. The summed E-state index contributed by atoms with van der Waals surface area (Å²) in [5.41, 5.74) is 2.70. The number of hydrogen-bond donors (Lipinski definition) is 1. The number of hydrogen-bond acceptors (Lipinski definition) is 4. The summed E-state index contributed by atoms with van der Waals surface area (Å²) in [5.74, 6) is -0.670. The summed E-state index contributed by atoms with van der Waals surface area (Å²) in [6.45, 7) is 3.85. The summed E-state index contributed by atoms with van der Waals surface area (Å²) in [4.78, 5) is 28.7. The van der Waals surface area contributed by atoms with Gasteiger partial charge in [0, 0.05) is 11.1 Å². The van der Waals surface area contributed by atoms with Crippen LogP contribution in [0.25, 0.3) is 10.9 Å². The molecule has 0 aliphatic carbocycles. The van der Waals surface area contributed by atoms with Crippen molar-refractivity contribution >= 4 is 28.5 Å². The smallest absolute Gasteiger partial charge is 0.357 e. The first-order chi connectivity index (χ1) is 13.1. The lowest BCUT2D eigenvalue weighted by Gasteiger charge is -2.15. The second-order valence-corrected chi connectivity index (χ2v) is 6.41. The molecular formula is C22H22N2O3. The van der Waals surface area contributed by atoms with Gasteiger partial charge in [0.1, 0.15) is 5.69 Å². The van der Waals surface area contributed by atoms with E-state index in [1.54, 1.807) is 12.1 Å². The van der Waals surface area contributed by atoms with Crippen LogP contribution < -0.4 is 5.32 Å². The highest BCUT2D eigenvalue weighted by Crippen LogP contribution is 2.26. The molecule has 0 spiro atoms. The molecule has 1 aromatic heterocycles. The molecule has 0 saturated carbocycles. The number of amides is 1. The van der Waals surface area contributed by atoms with Crippen LogP contribution in [-0.2, 0) is 9.53 Å². The van der Waals surface area contributed by atoms with E-state index in [9.17, 15) is 9.59 Å². The molecule has 138 valence electrons. The largest absolute Gasteiger partial charge is 0.451 e. The van der Waals surface area contributed by atoms with E-state index in [4.69, 9.17) is 4.74 Å². The third-order valence-electron chi connectivity index (χ3n) is 4.52. The van der Waals surface area contributed by atoms with Gasteiger partial charge in [-0.25, -0.2) is 9.78 Å². The Bertz CT molecular complexity index is 968. The van der Waals surface area contributed by atoms with Gasteiger partial charge in [-0.05, 0) is 36.1 Å². The number of benzene rings is 2. The van der Waals surface area contributed by atoms with E-state index in [0.717, 1.165) is 23.1 Å². The Morgan fingerprint density at radius 1 is 1.04 bits per heavy atom. The molecule has 0 radical (unpaired) electrons. The van der Waals surface area contributed by atoms with Gasteiger partial charge >= 0.3 is 5.97 Å². The van der Waals surface area contributed by atoms with Crippen LogP contribution in [0.2, 0.25) is 0 Å². The third kappa shape index (κ3) is 4.50. The predicted octanol–water partition coefficient (Wildman–Crippen LogP) is 4.54. The molecule has 5 nitrogen and oxygen atoms in total. The number of para-hydroxylation sites is 2. The van der Waals surface area contributed by atoms with Crippen molar-refractivity contribution in [1.29, 1.82) is 0 Å².